The average molecular weight is 304 g/mol. The van der Waals surface area contributed by atoms with Gasteiger partial charge in [0.25, 0.3) is 0 Å². The number of nitrogens with zero attached hydrogens (tertiary/aromatic N) is 1. The Kier molecular flexibility index (Phi) is 4.41. The second-order valence-electron chi connectivity index (χ2n) is 4.37. The molecule has 1 saturated heterocycles. The molecule has 1 aromatic rings. The second kappa shape index (κ2) is 5.63. The largest absolute Gasteiger partial charge is 0.376 e. The van der Waals surface area contributed by atoms with Crippen molar-refractivity contribution < 1.29 is 4.74 Å². The molecule has 1 aromatic heterocycles. The van der Waals surface area contributed by atoms with Gasteiger partial charge in [-0.05, 0) is 35.3 Å². The average Bonchev–Trinajstić information content (AvgIpc) is 2.64. The third kappa shape index (κ3) is 3.06. The Morgan fingerprint density at radius 2 is 2.44 bits per heavy atom. The molecule has 0 saturated carbocycles. The van der Waals surface area contributed by atoms with Crippen LogP contribution in [0.25, 0.3) is 0 Å². The minimum Gasteiger partial charge on any atom is -0.376 e. The van der Waals surface area contributed by atoms with Gasteiger partial charge in [-0.3, -0.25) is 4.90 Å². The van der Waals surface area contributed by atoms with E-state index in [1.165, 1.54) is 15.8 Å². The molecule has 4 heteroatoms. The fraction of sp³-hybridized carbons (Fsp3) is 0.667. The number of halogens is 1. The van der Waals surface area contributed by atoms with Gasteiger partial charge in [0.1, 0.15) is 0 Å². The zero-order valence-corrected chi connectivity index (χ0v) is 12.2. The van der Waals surface area contributed by atoms with Crippen LogP contribution >= 0.6 is 27.3 Å². The van der Waals surface area contributed by atoms with Crippen molar-refractivity contribution in [3.63, 3.8) is 0 Å². The topological polar surface area (TPSA) is 12.5 Å². The van der Waals surface area contributed by atoms with Crippen molar-refractivity contribution in [2.24, 2.45) is 0 Å². The zero-order chi connectivity index (χ0) is 11.5. The number of hydrogen-bond donors (Lipinski definition) is 0. The molecule has 0 amide bonds. The number of morpholine rings is 1. The Bertz CT molecular complexity index is 342. The first-order valence-corrected chi connectivity index (χ1v) is 7.45. The lowest BCUT2D eigenvalue weighted by Crippen LogP contribution is -2.47. The van der Waals surface area contributed by atoms with Gasteiger partial charge in [-0.1, -0.05) is 6.92 Å². The van der Waals surface area contributed by atoms with Crippen LogP contribution in [0.2, 0.25) is 0 Å². The fourth-order valence-electron chi connectivity index (χ4n) is 2.12. The predicted octanol–water partition coefficient (Wildman–Crippen LogP) is 3.51. The fourth-order valence-corrected chi connectivity index (χ4v) is 3.59. The molecule has 1 fully saturated rings. The van der Waals surface area contributed by atoms with Crippen molar-refractivity contribution in [1.29, 1.82) is 0 Å². The SMILES string of the molecule is CCC1COC(C)CN1Cc1cc(Br)cs1. The van der Waals surface area contributed by atoms with Gasteiger partial charge in [-0.2, -0.15) is 0 Å². The number of hydrogen-bond acceptors (Lipinski definition) is 3. The van der Waals surface area contributed by atoms with Crippen molar-refractivity contribution in [1.82, 2.24) is 4.90 Å². The molecule has 0 spiro atoms. The Labute approximate surface area is 110 Å². The van der Waals surface area contributed by atoms with Gasteiger partial charge in [0.15, 0.2) is 0 Å². The summed E-state index contributed by atoms with van der Waals surface area (Å²) < 4.78 is 6.90. The van der Waals surface area contributed by atoms with E-state index in [0.29, 0.717) is 12.1 Å². The summed E-state index contributed by atoms with van der Waals surface area (Å²) in [6.45, 7) is 7.38. The van der Waals surface area contributed by atoms with E-state index in [1.807, 2.05) is 11.3 Å². The van der Waals surface area contributed by atoms with Gasteiger partial charge in [0.05, 0.1) is 12.7 Å². The van der Waals surface area contributed by atoms with Crippen molar-refractivity contribution in [3.05, 3.63) is 20.8 Å². The lowest BCUT2D eigenvalue weighted by Gasteiger charge is -2.38. The van der Waals surface area contributed by atoms with Crippen molar-refractivity contribution in [2.75, 3.05) is 13.2 Å². The molecular weight excluding hydrogens is 286 g/mol. The van der Waals surface area contributed by atoms with Crippen LogP contribution in [0, 0.1) is 0 Å². The molecule has 1 aliphatic rings. The van der Waals surface area contributed by atoms with Crippen molar-refractivity contribution >= 4 is 27.3 Å². The molecule has 16 heavy (non-hydrogen) atoms. The Morgan fingerprint density at radius 1 is 1.62 bits per heavy atom. The molecule has 1 aliphatic heterocycles. The molecule has 2 heterocycles. The Hall–Kier alpha value is 0.1000. The molecule has 0 aromatic carbocycles. The van der Waals surface area contributed by atoms with Crippen LogP contribution < -0.4 is 0 Å². The van der Waals surface area contributed by atoms with E-state index in [4.69, 9.17) is 4.74 Å². The van der Waals surface area contributed by atoms with Gasteiger partial charge in [0.2, 0.25) is 0 Å². The third-order valence-electron chi connectivity index (χ3n) is 3.03. The van der Waals surface area contributed by atoms with Gasteiger partial charge < -0.3 is 4.74 Å². The first-order valence-electron chi connectivity index (χ1n) is 5.77. The number of thiophene rings is 1. The van der Waals surface area contributed by atoms with E-state index >= 15 is 0 Å². The molecule has 2 nitrogen and oxygen atoms in total. The summed E-state index contributed by atoms with van der Waals surface area (Å²) in [5.74, 6) is 0. The summed E-state index contributed by atoms with van der Waals surface area (Å²) in [5.41, 5.74) is 0. The molecule has 2 rings (SSSR count). The Balaban J connectivity index is 2.00. The van der Waals surface area contributed by atoms with Crippen LogP contribution in [-0.2, 0) is 11.3 Å². The minimum atomic E-state index is 0.367. The molecule has 0 bridgehead atoms. The monoisotopic (exact) mass is 303 g/mol. The van der Waals surface area contributed by atoms with Crippen molar-refractivity contribution in [3.8, 4) is 0 Å². The third-order valence-corrected chi connectivity index (χ3v) is 4.72. The highest BCUT2D eigenvalue weighted by molar-refractivity contribution is 9.10. The van der Waals surface area contributed by atoms with Gasteiger partial charge in [-0.25, -0.2) is 0 Å². The lowest BCUT2D eigenvalue weighted by atomic mass is 10.1. The summed E-state index contributed by atoms with van der Waals surface area (Å²) in [4.78, 5) is 3.98. The Morgan fingerprint density at radius 3 is 3.06 bits per heavy atom. The van der Waals surface area contributed by atoms with Crippen LogP contribution in [0.5, 0.6) is 0 Å². The second-order valence-corrected chi connectivity index (χ2v) is 6.28. The van der Waals surface area contributed by atoms with Crippen LogP contribution in [0.3, 0.4) is 0 Å². The van der Waals surface area contributed by atoms with Crippen LogP contribution in [0.1, 0.15) is 25.1 Å². The first kappa shape index (κ1) is 12.6. The number of rotatable bonds is 3. The summed E-state index contributed by atoms with van der Waals surface area (Å²) in [7, 11) is 0. The predicted molar refractivity (Wildman–Crippen MR) is 71.9 cm³/mol. The first-order chi connectivity index (χ1) is 7.69. The molecule has 2 unspecified atom stereocenters. The highest BCUT2D eigenvalue weighted by Crippen LogP contribution is 2.24. The molecule has 90 valence electrons. The van der Waals surface area contributed by atoms with Gasteiger partial charge >= 0.3 is 0 Å². The highest BCUT2D eigenvalue weighted by Gasteiger charge is 2.25. The van der Waals surface area contributed by atoms with E-state index in [1.54, 1.807) is 0 Å². The number of ether oxygens (including phenoxy) is 1. The normalized spacial score (nSPS) is 27.2. The van der Waals surface area contributed by atoms with Crippen LogP contribution in [0.15, 0.2) is 15.9 Å². The van der Waals surface area contributed by atoms with Gasteiger partial charge in [-0.15, -0.1) is 11.3 Å². The molecule has 2 atom stereocenters. The maximum absolute atomic E-state index is 5.71. The summed E-state index contributed by atoms with van der Waals surface area (Å²) in [5, 5.41) is 2.15. The molecular formula is C12H18BrNOS. The maximum Gasteiger partial charge on any atom is 0.0674 e. The van der Waals surface area contributed by atoms with E-state index in [9.17, 15) is 0 Å². The van der Waals surface area contributed by atoms with Crippen LogP contribution in [-0.4, -0.2) is 30.2 Å². The van der Waals surface area contributed by atoms with Crippen molar-refractivity contribution in [2.45, 2.75) is 39.0 Å². The smallest absolute Gasteiger partial charge is 0.0674 e. The van der Waals surface area contributed by atoms with E-state index < -0.39 is 0 Å². The summed E-state index contributed by atoms with van der Waals surface area (Å²) in [6, 6.07) is 2.80. The molecule has 0 N–H and O–H groups in total. The van der Waals surface area contributed by atoms with E-state index in [2.05, 4.69) is 46.1 Å². The molecule has 0 radical (unpaired) electrons. The summed E-state index contributed by atoms with van der Waals surface area (Å²) >= 11 is 5.34. The lowest BCUT2D eigenvalue weighted by molar-refractivity contribution is -0.0588. The van der Waals surface area contributed by atoms with E-state index in [-0.39, 0.29) is 0 Å². The minimum absolute atomic E-state index is 0.367. The van der Waals surface area contributed by atoms with Crippen LogP contribution in [0.4, 0.5) is 0 Å². The molecule has 0 aliphatic carbocycles. The highest BCUT2D eigenvalue weighted by atomic mass is 79.9. The standard InChI is InChI=1S/C12H18BrNOS/c1-3-11-7-15-9(2)5-14(11)6-12-4-10(13)8-16-12/h4,8-9,11H,3,5-7H2,1-2H3. The zero-order valence-electron chi connectivity index (χ0n) is 9.78. The maximum atomic E-state index is 5.71. The summed E-state index contributed by atoms with van der Waals surface area (Å²) in [6.07, 6.45) is 1.53. The van der Waals surface area contributed by atoms with Gasteiger partial charge in [0, 0.05) is 33.9 Å². The van der Waals surface area contributed by atoms with E-state index in [0.717, 1.165) is 19.7 Å². The quantitative estimate of drug-likeness (QED) is 0.847.